The molecule has 0 amide bonds. The monoisotopic (exact) mass is 437 g/mol. The van der Waals surface area contributed by atoms with E-state index in [0.717, 1.165) is 38.6 Å². The first-order valence-electron chi connectivity index (χ1n) is 10.2. The second-order valence-corrected chi connectivity index (χ2v) is 7.83. The van der Waals surface area contributed by atoms with Gasteiger partial charge >= 0.3 is 0 Å². The Bertz CT molecular complexity index is 789. The maximum absolute atomic E-state index is 12.9. The Kier molecular flexibility index (Phi) is 10.6. The van der Waals surface area contributed by atoms with Crippen LogP contribution in [0, 0.1) is 12.7 Å². The molecule has 0 heterocycles. The minimum absolute atomic E-state index is 0. The summed E-state index contributed by atoms with van der Waals surface area (Å²) in [4.78, 5) is 12.1. The highest BCUT2D eigenvalue weighted by Gasteiger charge is 2.36. The van der Waals surface area contributed by atoms with Crippen molar-refractivity contribution in [2.75, 3.05) is 13.7 Å². The minimum Gasteiger partial charge on any atom is -0.412 e. The van der Waals surface area contributed by atoms with Gasteiger partial charge in [0.2, 0.25) is 0 Å². The van der Waals surface area contributed by atoms with Crippen LogP contribution in [0.25, 0.3) is 0 Å². The molecule has 2 aromatic carbocycles. The molecule has 30 heavy (non-hydrogen) atoms. The zero-order valence-corrected chi connectivity index (χ0v) is 18.6. The molecule has 0 aliphatic heterocycles. The van der Waals surface area contributed by atoms with Crippen molar-refractivity contribution in [2.45, 2.75) is 57.1 Å². The number of halogens is 2. The number of methoxy groups -OCH3 is 1. The molecule has 0 unspecified atom stereocenters. The van der Waals surface area contributed by atoms with Crippen LogP contribution in [0.1, 0.15) is 60.0 Å². The molecule has 1 saturated carbocycles. The van der Waals surface area contributed by atoms with Crippen molar-refractivity contribution in [3.8, 4) is 0 Å². The number of ether oxygens (including phenoxy) is 1. The van der Waals surface area contributed by atoms with Crippen LogP contribution in [0.15, 0.2) is 48.5 Å². The van der Waals surface area contributed by atoms with Crippen LogP contribution in [-0.4, -0.2) is 31.0 Å². The van der Waals surface area contributed by atoms with Crippen LogP contribution in [0.2, 0.25) is 0 Å². The molecule has 0 aromatic heterocycles. The van der Waals surface area contributed by atoms with Gasteiger partial charge in [0.05, 0.1) is 5.60 Å². The number of hydrogen-bond donors (Lipinski definition) is 1. The van der Waals surface area contributed by atoms with Crippen LogP contribution in [0.3, 0.4) is 0 Å². The van der Waals surface area contributed by atoms with Crippen molar-refractivity contribution in [2.24, 2.45) is 0 Å². The molecule has 3 N–H and O–H groups in total. The number of ketones is 1. The summed E-state index contributed by atoms with van der Waals surface area (Å²) < 4.78 is 18.9. The third kappa shape index (κ3) is 6.61. The van der Waals surface area contributed by atoms with E-state index in [1.807, 2.05) is 7.11 Å². The molecule has 0 saturated heterocycles. The number of Topliss-reactive ketones (excluding diaryl/α,β-unsaturated/α-hetero) is 1. The van der Waals surface area contributed by atoms with Gasteiger partial charge in [-0.15, -0.1) is 12.4 Å². The number of aryl methyl sites for hydroxylation is 1. The van der Waals surface area contributed by atoms with Crippen molar-refractivity contribution in [3.63, 3.8) is 0 Å². The van der Waals surface area contributed by atoms with Crippen molar-refractivity contribution in [1.82, 2.24) is 5.32 Å². The first kappa shape index (κ1) is 26.2. The molecule has 0 bridgehead atoms. The summed E-state index contributed by atoms with van der Waals surface area (Å²) in [5.41, 5.74) is 2.95. The van der Waals surface area contributed by atoms with E-state index in [-0.39, 0.29) is 35.1 Å². The van der Waals surface area contributed by atoms with Crippen molar-refractivity contribution < 1.29 is 19.4 Å². The van der Waals surface area contributed by atoms with Crippen LogP contribution in [-0.2, 0) is 10.3 Å². The lowest BCUT2D eigenvalue weighted by atomic mass is 9.77. The van der Waals surface area contributed by atoms with Gasteiger partial charge in [0.25, 0.3) is 0 Å². The molecule has 1 aliphatic carbocycles. The lowest BCUT2D eigenvalue weighted by Crippen LogP contribution is -2.41. The summed E-state index contributed by atoms with van der Waals surface area (Å²) in [6.45, 7) is 2.94. The summed E-state index contributed by atoms with van der Waals surface area (Å²) in [5.74, 6) is -0.239. The molecule has 0 spiro atoms. The Balaban J connectivity index is 0.00000225. The van der Waals surface area contributed by atoms with E-state index < -0.39 is 0 Å². The zero-order chi connectivity index (χ0) is 20.0. The Morgan fingerprint density at radius 1 is 1.17 bits per heavy atom. The Hall–Kier alpha value is -1.79. The quantitative estimate of drug-likeness (QED) is 0.477. The Morgan fingerprint density at radius 2 is 1.83 bits per heavy atom. The second kappa shape index (κ2) is 12.2. The Morgan fingerprint density at radius 3 is 2.43 bits per heavy atom. The van der Waals surface area contributed by atoms with Crippen LogP contribution in [0.5, 0.6) is 0 Å². The number of carbonyl (C=O) groups excluding carboxylic acids is 1. The van der Waals surface area contributed by atoms with Gasteiger partial charge in [-0.25, -0.2) is 4.39 Å². The van der Waals surface area contributed by atoms with Gasteiger partial charge in [-0.05, 0) is 75.4 Å². The average molecular weight is 438 g/mol. The van der Waals surface area contributed by atoms with Crippen molar-refractivity contribution >= 4 is 18.2 Å². The summed E-state index contributed by atoms with van der Waals surface area (Å²) in [7, 11) is 1.82. The van der Waals surface area contributed by atoms with Gasteiger partial charge < -0.3 is 15.5 Å². The lowest BCUT2D eigenvalue weighted by Gasteiger charge is -2.40. The normalized spacial score (nSPS) is 20.7. The standard InChI is InChI=1S/C24H30FNO2.ClH.H2O/c1-18-5-3-6-20(17-18)24(28-2)14-12-22(13-15-24)26-16-4-7-23(27)19-8-10-21(25)11-9-19;;/h3,5-6,8-11,17,22,26H,4,7,12-16H2,1-2H3;1H;1H2. The van der Waals surface area contributed by atoms with E-state index in [2.05, 4.69) is 36.5 Å². The molecule has 3 rings (SSSR count). The molecule has 0 radical (unpaired) electrons. The van der Waals surface area contributed by atoms with E-state index in [0.29, 0.717) is 18.0 Å². The second-order valence-electron chi connectivity index (χ2n) is 7.83. The first-order valence-corrected chi connectivity index (χ1v) is 10.2. The number of benzene rings is 2. The predicted molar refractivity (Wildman–Crippen MR) is 121 cm³/mol. The number of rotatable bonds is 8. The maximum Gasteiger partial charge on any atom is 0.162 e. The predicted octanol–water partition coefficient (Wildman–Crippen LogP) is 4.77. The molecule has 0 atom stereocenters. The molecule has 166 valence electrons. The topological polar surface area (TPSA) is 69.8 Å². The fraction of sp³-hybridized carbons (Fsp3) is 0.458. The molecular weight excluding hydrogens is 405 g/mol. The summed E-state index contributed by atoms with van der Waals surface area (Å²) in [6.07, 6.45) is 5.40. The third-order valence-electron chi connectivity index (χ3n) is 5.91. The van der Waals surface area contributed by atoms with Crippen LogP contribution in [0.4, 0.5) is 4.39 Å². The number of nitrogens with one attached hydrogen (secondary N) is 1. The SMILES string of the molecule is COC1(c2cccc(C)c2)CCC(NCCCC(=O)c2ccc(F)cc2)CC1.Cl.O. The van der Waals surface area contributed by atoms with Crippen LogP contribution < -0.4 is 5.32 Å². The smallest absolute Gasteiger partial charge is 0.162 e. The summed E-state index contributed by atoms with van der Waals surface area (Å²) in [6, 6.07) is 14.9. The maximum atomic E-state index is 12.9. The van der Waals surface area contributed by atoms with Crippen molar-refractivity contribution in [1.29, 1.82) is 0 Å². The molecule has 2 aromatic rings. The fourth-order valence-electron chi connectivity index (χ4n) is 4.16. The zero-order valence-electron chi connectivity index (χ0n) is 17.7. The largest absolute Gasteiger partial charge is 0.412 e. The van der Waals surface area contributed by atoms with Crippen LogP contribution >= 0.6 is 12.4 Å². The van der Waals surface area contributed by atoms with E-state index >= 15 is 0 Å². The lowest BCUT2D eigenvalue weighted by molar-refractivity contribution is -0.0500. The van der Waals surface area contributed by atoms with E-state index in [1.54, 1.807) is 12.1 Å². The minimum atomic E-state index is -0.312. The van der Waals surface area contributed by atoms with Gasteiger partial charge in [0, 0.05) is 25.1 Å². The average Bonchev–Trinajstić information content (AvgIpc) is 2.72. The molecule has 4 nitrogen and oxygen atoms in total. The highest BCUT2D eigenvalue weighted by atomic mass is 35.5. The number of carbonyl (C=O) groups is 1. The van der Waals surface area contributed by atoms with Gasteiger partial charge in [-0.1, -0.05) is 29.8 Å². The van der Waals surface area contributed by atoms with E-state index in [9.17, 15) is 9.18 Å². The van der Waals surface area contributed by atoms with E-state index in [4.69, 9.17) is 4.74 Å². The highest BCUT2D eigenvalue weighted by molar-refractivity contribution is 5.95. The van der Waals surface area contributed by atoms with Gasteiger partial charge in [-0.3, -0.25) is 4.79 Å². The highest BCUT2D eigenvalue weighted by Crippen LogP contribution is 2.40. The summed E-state index contributed by atoms with van der Waals surface area (Å²) >= 11 is 0. The molecule has 1 aliphatic rings. The van der Waals surface area contributed by atoms with Gasteiger partial charge in [0.15, 0.2) is 5.78 Å². The van der Waals surface area contributed by atoms with Gasteiger partial charge in [-0.2, -0.15) is 0 Å². The van der Waals surface area contributed by atoms with E-state index in [1.165, 1.54) is 23.3 Å². The van der Waals surface area contributed by atoms with Gasteiger partial charge in [0.1, 0.15) is 5.82 Å². The molecule has 6 heteroatoms. The third-order valence-corrected chi connectivity index (χ3v) is 5.91. The van der Waals surface area contributed by atoms with Crippen molar-refractivity contribution in [3.05, 3.63) is 71.0 Å². The number of hydrogen-bond acceptors (Lipinski definition) is 3. The fourth-order valence-corrected chi connectivity index (χ4v) is 4.16. The first-order chi connectivity index (χ1) is 13.5. The Labute approximate surface area is 184 Å². The molecule has 1 fully saturated rings. The molecular formula is C24H33ClFNO3. The summed E-state index contributed by atoms with van der Waals surface area (Å²) in [5, 5.41) is 3.59.